The number of rotatable bonds is 11. The molecule has 0 amide bonds. The predicted molar refractivity (Wildman–Crippen MR) is 185 cm³/mol. The number of hydrogen-bond donors (Lipinski definition) is 0. The quantitative estimate of drug-likeness (QED) is 0.118. The summed E-state index contributed by atoms with van der Waals surface area (Å²) in [5, 5.41) is 0. The molecule has 51 heavy (non-hydrogen) atoms. The topological polar surface area (TPSA) is 132 Å². The van der Waals surface area contributed by atoms with Crippen molar-refractivity contribution >= 4 is 34.7 Å². The number of esters is 4. The van der Waals surface area contributed by atoms with Crippen LogP contribution in [0.5, 0.6) is 0 Å². The molecule has 11 heteroatoms. The van der Waals surface area contributed by atoms with Crippen molar-refractivity contribution in [2.75, 3.05) is 6.61 Å². The van der Waals surface area contributed by atoms with Gasteiger partial charge in [0.25, 0.3) is 0 Å². The molecule has 1 unspecified atom stereocenters. The average molecular weight is 705 g/mol. The van der Waals surface area contributed by atoms with Crippen molar-refractivity contribution in [1.82, 2.24) is 0 Å². The molecule has 5 aromatic carbocycles. The SMILES string of the molecule is O=C(OC[C@H]1O[C@@H](S(=O)c2ccccc2)[C@H](OC(=O)c2ccccc2)[C@@H](OC(=O)c2ccccc2)[C@H]1OC(=O)c1ccccc1)c1ccccc1. The summed E-state index contributed by atoms with van der Waals surface area (Å²) in [5.74, 6) is -3.20. The maximum Gasteiger partial charge on any atom is 0.338 e. The van der Waals surface area contributed by atoms with Gasteiger partial charge in [-0.2, -0.15) is 0 Å². The van der Waals surface area contributed by atoms with E-state index in [9.17, 15) is 23.4 Å². The van der Waals surface area contributed by atoms with Gasteiger partial charge in [-0.25, -0.2) is 19.2 Å². The number of benzene rings is 5. The summed E-state index contributed by atoms with van der Waals surface area (Å²) < 4.78 is 44.4. The van der Waals surface area contributed by atoms with Crippen LogP contribution in [0.1, 0.15) is 41.4 Å². The first-order valence-corrected chi connectivity index (χ1v) is 17.2. The van der Waals surface area contributed by atoms with Gasteiger partial charge in [-0.05, 0) is 60.7 Å². The Morgan fingerprint density at radius 1 is 0.471 bits per heavy atom. The lowest BCUT2D eigenvalue weighted by atomic mass is 9.98. The highest BCUT2D eigenvalue weighted by Crippen LogP contribution is 2.34. The maximum absolute atomic E-state index is 14.3. The normalized spacial score (nSPS) is 20.3. The Morgan fingerprint density at radius 2 is 0.824 bits per heavy atom. The van der Waals surface area contributed by atoms with Crippen molar-refractivity contribution in [1.29, 1.82) is 0 Å². The Balaban J connectivity index is 1.44. The molecule has 6 atom stereocenters. The van der Waals surface area contributed by atoms with E-state index in [0.29, 0.717) is 4.90 Å². The number of hydrogen-bond acceptors (Lipinski definition) is 10. The summed E-state index contributed by atoms with van der Waals surface area (Å²) in [6.45, 7) is -0.512. The highest BCUT2D eigenvalue weighted by Gasteiger charge is 2.55. The van der Waals surface area contributed by atoms with Crippen molar-refractivity contribution in [3.8, 4) is 0 Å². The Bertz CT molecular complexity index is 1960. The largest absolute Gasteiger partial charge is 0.459 e. The first-order valence-electron chi connectivity index (χ1n) is 16.0. The molecular weight excluding hydrogens is 672 g/mol. The van der Waals surface area contributed by atoms with Crippen molar-refractivity contribution in [3.05, 3.63) is 174 Å². The Hall–Kier alpha value is -5.91. The lowest BCUT2D eigenvalue weighted by Gasteiger charge is -2.44. The minimum atomic E-state index is -2.06. The van der Waals surface area contributed by atoms with Crippen LogP contribution in [-0.4, -0.2) is 64.5 Å². The molecule has 1 aliphatic rings. The fraction of sp³-hybridized carbons (Fsp3) is 0.150. The third kappa shape index (κ3) is 8.64. The van der Waals surface area contributed by atoms with Crippen LogP contribution in [0.2, 0.25) is 0 Å². The fourth-order valence-corrected chi connectivity index (χ4v) is 6.78. The van der Waals surface area contributed by atoms with Crippen molar-refractivity contribution in [2.45, 2.75) is 34.7 Å². The lowest BCUT2D eigenvalue weighted by molar-refractivity contribution is -0.208. The maximum atomic E-state index is 14.3. The van der Waals surface area contributed by atoms with Crippen LogP contribution < -0.4 is 0 Å². The highest BCUT2D eigenvalue weighted by molar-refractivity contribution is 7.85. The molecular formula is C40H32O10S. The van der Waals surface area contributed by atoms with Gasteiger partial charge < -0.3 is 23.7 Å². The van der Waals surface area contributed by atoms with Crippen molar-refractivity contribution in [2.24, 2.45) is 0 Å². The monoisotopic (exact) mass is 704 g/mol. The Kier molecular flexibility index (Phi) is 11.4. The van der Waals surface area contributed by atoms with E-state index in [2.05, 4.69) is 0 Å². The van der Waals surface area contributed by atoms with Crippen LogP contribution in [0.15, 0.2) is 157 Å². The molecule has 1 heterocycles. The van der Waals surface area contributed by atoms with E-state index in [1.54, 1.807) is 115 Å². The molecule has 0 aliphatic carbocycles. The second-order valence-corrected chi connectivity index (χ2v) is 12.9. The molecule has 5 aromatic rings. The molecule has 1 aliphatic heterocycles. The molecule has 258 valence electrons. The molecule has 10 nitrogen and oxygen atoms in total. The summed E-state index contributed by atoms with van der Waals surface area (Å²) in [6, 6.07) is 40.7. The first-order chi connectivity index (χ1) is 24.9. The van der Waals surface area contributed by atoms with Gasteiger partial charge in [-0.15, -0.1) is 0 Å². The lowest BCUT2D eigenvalue weighted by Crippen LogP contribution is -2.63. The van der Waals surface area contributed by atoms with E-state index in [4.69, 9.17) is 23.7 Å². The fourth-order valence-electron chi connectivity index (χ4n) is 5.39. The van der Waals surface area contributed by atoms with Crippen LogP contribution in [0.3, 0.4) is 0 Å². The minimum Gasteiger partial charge on any atom is -0.459 e. The number of carbonyl (C=O) groups excluding carboxylic acids is 4. The molecule has 6 rings (SSSR count). The first kappa shape index (κ1) is 34.9. The third-order valence-electron chi connectivity index (χ3n) is 7.92. The Labute approximate surface area is 296 Å². The van der Waals surface area contributed by atoms with Gasteiger partial charge in [-0.1, -0.05) is 91.0 Å². The summed E-state index contributed by atoms with van der Waals surface area (Å²) in [7, 11) is -2.06. The zero-order chi connectivity index (χ0) is 35.6. The van der Waals surface area contributed by atoms with Crippen LogP contribution in [0.25, 0.3) is 0 Å². The second kappa shape index (κ2) is 16.7. The molecule has 0 aromatic heterocycles. The van der Waals surface area contributed by atoms with Gasteiger partial charge >= 0.3 is 23.9 Å². The number of ether oxygens (including phenoxy) is 5. The molecule has 0 radical (unpaired) electrons. The second-order valence-electron chi connectivity index (χ2n) is 11.3. The smallest absolute Gasteiger partial charge is 0.338 e. The summed E-state index contributed by atoms with van der Waals surface area (Å²) in [5.41, 5.74) is -0.763. The van der Waals surface area contributed by atoms with Gasteiger partial charge in [0.2, 0.25) is 0 Å². The molecule has 0 saturated carbocycles. The van der Waals surface area contributed by atoms with Gasteiger partial charge in [0.1, 0.15) is 12.7 Å². The zero-order valence-corrected chi connectivity index (χ0v) is 27.8. The van der Waals surface area contributed by atoms with Crippen LogP contribution in [-0.2, 0) is 34.5 Å². The standard InChI is InChI=1S/C40H32O10S/c41-36(27-16-6-1-7-17-27)46-26-32-33(48-37(42)28-18-8-2-9-19-28)34(49-38(43)29-20-10-3-11-21-29)35(50-39(44)30-22-12-4-13-23-30)40(47-32)51(45)31-24-14-5-15-25-31/h1-25,32-35,40H,26H2/t32-,33+,34+,35-,40+,51?/m1/s1. The van der Waals surface area contributed by atoms with Gasteiger partial charge in [0.05, 0.1) is 33.1 Å². The van der Waals surface area contributed by atoms with Gasteiger partial charge in [0, 0.05) is 4.90 Å². The third-order valence-corrected chi connectivity index (χ3v) is 9.46. The highest BCUT2D eigenvalue weighted by atomic mass is 32.2. The van der Waals surface area contributed by atoms with Crippen molar-refractivity contribution < 1.29 is 47.1 Å². The Morgan fingerprint density at radius 3 is 1.25 bits per heavy atom. The minimum absolute atomic E-state index is 0.151. The van der Waals surface area contributed by atoms with E-state index in [-0.39, 0.29) is 22.3 Å². The van der Waals surface area contributed by atoms with E-state index in [0.717, 1.165) is 0 Å². The predicted octanol–water partition coefficient (Wildman–Crippen LogP) is 6.05. The van der Waals surface area contributed by atoms with E-state index in [1.807, 2.05) is 0 Å². The van der Waals surface area contributed by atoms with Crippen LogP contribution >= 0.6 is 0 Å². The van der Waals surface area contributed by atoms with Gasteiger partial charge in [0.15, 0.2) is 23.7 Å². The zero-order valence-electron chi connectivity index (χ0n) is 27.0. The van der Waals surface area contributed by atoms with E-state index in [1.165, 1.54) is 36.4 Å². The molecule has 0 spiro atoms. The molecule has 1 saturated heterocycles. The van der Waals surface area contributed by atoms with E-state index < -0.39 is 71.1 Å². The van der Waals surface area contributed by atoms with Crippen LogP contribution in [0, 0.1) is 0 Å². The molecule has 0 N–H and O–H groups in total. The average Bonchev–Trinajstić information content (AvgIpc) is 3.19. The molecule has 0 bridgehead atoms. The van der Waals surface area contributed by atoms with Gasteiger partial charge in [-0.3, -0.25) is 4.21 Å². The molecule has 1 fully saturated rings. The number of carbonyl (C=O) groups is 4. The van der Waals surface area contributed by atoms with E-state index >= 15 is 0 Å². The summed E-state index contributed by atoms with van der Waals surface area (Å²) in [4.78, 5) is 54.4. The summed E-state index contributed by atoms with van der Waals surface area (Å²) in [6.07, 6.45) is -6.04. The van der Waals surface area contributed by atoms with Crippen LogP contribution in [0.4, 0.5) is 0 Å². The van der Waals surface area contributed by atoms with Crippen molar-refractivity contribution in [3.63, 3.8) is 0 Å². The summed E-state index contributed by atoms with van der Waals surface area (Å²) >= 11 is 0.